The Morgan fingerprint density at radius 3 is 2.71 bits per heavy atom. The Balaban J connectivity index is 1.64. The first-order valence-corrected chi connectivity index (χ1v) is 12.3. The van der Waals surface area contributed by atoms with E-state index < -0.39 is 0 Å². The molecule has 1 aliphatic heterocycles. The summed E-state index contributed by atoms with van der Waals surface area (Å²) < 4.78 is 6.59. The Morgan fingerprint density at radius 2 is 2.00 bits per heavy atom. The van der Waals surface area contributed by atoms with Crippen LogP contribution in [0, 0.1) is 5.92 Å². The van der Waals surface area contributed by atoms with Gasteiger partial charge in [0.15, 0.2) is 0 Å². The Labute approximate surface area is 187 Å². The van der Waals surface area contributed by atoms with Crippen molar-refractivity contribution in [1.82, 2.24) is 9.97 Å². The van der Waals surface area contributed by atoms with E-state index in [1.807, 2.05) is 18.5 Å². The standard InChI is InChI=1S/C27H40N2O2/c1-6-7-8-9-12-26(2,3)19-16-22(30)24-20-15-18(25-28-13-14-29-25)10-11-21(20)27(4,5)31-23(24)17-19/h13-14,16-18,20-21,30H,6-12,15H2,1-5H3,(H,28,29)/t18-,20?,21?/m0/s1. The fourth-order valence-electron chi connectivity index (χ4n) is 6.03. The third-order valence-corrected chi connectivity index (χ3v) is 7.95. The number of hydrogen-bond donors (Lipinski definition) is 2. The number of hydrogen-bond acceptors (Lipinski definition) is 3. The molecule has 0 spiro atoms. The van der Waals surface area contributed by atoms with Gasteiger partial charge in [-0.2, -0.15) is 0 Å². The second kappa shape index (κ2) is 8.52. The number of nitrogens with zero attached hydrogens (tertiary/aromatic N) is 1. The van der Waals surface area contributed by atoms with E-state index in [2.05, 4.69) is 50.7 Å². The van der Waals surface area contributed by atoms with Gasteiger partial charge in [0.2, 0.25) is 0 Å². The number of fused-ring (bicyclic) bond motifs is 3. The molecule has 1 fully saturated rings. The lowest BCUT2D eigenvalue weighted by atomic mass is 9.63. The van der Waals surface area contributed by atoms with E-state index in [0.717, 1.165) is 42.8 Å². The summed E-state index contributed by atoms with van der Waals surface area (Å²) in [5.41, 5.74) is 2.00. The molecule has 1 saturated carbocycles. The second-order valence-corrected chi connectivity index (χ2v) is 11.0. The summed E-state index contributed by atoms with van der Waals surface area (Å²) in [6.07, 6.45) is 13.1. The zero-order chi connectivity index (χ0) is 22.2. The number of unbranched alkanes of at least 4 members (excludes halogenated alkanes) is 3. The maximum Gasteiger partial charge on any atom is 0.127 e. The number of H-pyrrole nitrogens is 1. The van der Waals surface area contributed by atoms with Crippen LogP contribution >= 0.6 is 0 Å². The Bertz CT molecular complexity index is 885. The van der Waals surface area contributed by atoms with Crippen LogP contribution in [0.25, 0.3) is 0 Å². The van der Waals surface area contributed by atoms with Crippen molar-refractivity contribution in [1.29, 1.82) is 0 Å². The third kappa shape index (κ3) is 4.36. The smallest absolute Gasteiger partial charge is 0.127 e. The number of rotatable bonds is 7. The molecule has 4 nitrogen and oxygen atoms in total. The quantitative estimate of drug-likeness (QED) is 0.462. The van der Waals surface area contributed by atoms with Gasteiger partial charge in [0.25, 0.3) is 0 Å². The van der Waals surface area contributed by atoms with Gasteiger partial charge in [0.1, 0.15) is 22.9 Å². The molecule has 0 amide bonds. The van der Waals surface area contributed by atoms with E-state index in [0.29, 0.717) is 23.5 Å². The molecule has 4 heteroatoms. The predicted molar refractivity (Wildman–Crippen MR) is 126 cm³/mol. The first-order valence-electron chi connectivity index (χ1n) is 12.3. The highest BCUT2D eigenvalue weighted by Gasteiger charge is 2.48. The molecule has 2 heterocycles. The molecule has 4 rings (SSSR count). The minimum atomic E-state index is -0.234. The van der Waals surface area contributed by atoms with Crippen LogP contribution < -0.4 is 4.74 Å². The van der Waals surface area contributed by atoms with Crippen LogP contribution in [0.15, 0.2) is 24.5 Å². The van der Waals surface area contributed by atoms with Crippen molar-refractivity contribution in [3.05, 3.63) is 41.5 Å². The molecule has 1 aromatic carbocycles. The van der Waals surface area contributed by atoms with Gasteiger partial charge in [-0.1, -0.05) is 46.5 Å². The van der Waals surface area contributed by atoms with Gasteiger partial charge in [0, 0.05) is 29.8 Å². The molecule has 2 aromatic rings. The molecule has 2 unspecified atom stereocenters. The molecule has 0 radical (unpaired) electrons. The van der Waals surface area contributed by atoms with Gasteiger partial charge in [-0.25, -0.2) is 4.98 Å². The van der Waals surface area contributed by atoms with Crippen molar-refractivity contribution in [3.63, 3.8) is 0 Å². The topological polar surface area (TPSA) is 58.1 Å². The van der Waals surface area contributed by atoms with Crippen LogP contribution in [0.1, 0.15) is 115 Å². The molecule has 170 valence electrons. The largest absolute Gasteiger partial charge is 0.508 e. The lowest BCUT2D eigenvalue weighted by molar-refractivity contribution is -0.0109. The van der Waals surface area contributed by atoms with Gasteiger partial charge in [-0.3, -0.25) is 0 Å². The molecule has 2 N–H and O–H groups in total. The zero-order valence-corrected chi connectivity index (χ0v) is 20.0. The number of nitrogens with one attached hydrogen (secondary N) is 1. The first kappa shape index (κ1) is 22.2. The summed E-state index contributed by atoms with van der Waals surface area (Å²) in [6.45, 7) is 11.3. The van der Waals surface area contributed by atoms with Crippen molar-refractivity contribution in [2.75, 3.05) is 0 Å². The first-order chi connectivity index (χ1) is 14.7. The molecule has 3 atom stereocenters. The van der Waals surface area contributed by atoms with Crippen LogP contribution in [-0.4, -0.2) is 20.7 Å². The molecule has 1 aromatic heterocycles. The molecule has 2 aliphatic rings. The van der Waals surface area contributed by atoms with E-state index in [9.17, 15) is 5.11 Å². The predicted octanol–water partition coefficient (Wildman–Crippen LogP) is 7.20. The number of phenolic OH excluding ortho intramolecular Hbond substituents is 1. The van der Waals surface area contributed by atoms with Crippen molar-refractivity contribution < 1.29 is 9.84 Å². The second-order valence-electron chi connectivity index (χ2n) is 11.0. The lowest BCUT2D eigenvalue weighted by Crippen LogP contribution is -2.46. The number of aromatic nitrogens is 2. The number of phenols is 1. The SMILES string of the molecule is CCCCCCC(C)(C)c1cc(O)c2c(c1)OC(C)(C)C1CC[C@H](c3ncc[nH]3)CC21. The van der Waals surface area contributed by atoms with Crippen LogP contribution in [0.5, 0.6) is 11.5 Å². The minimum Gasteiger partial charge on any atom is -0.508 e. The molecule has 1 aliphatic carbocycles. The molecular weight excluding hydrogens is 384 g/mol. The summed E-state index contributed by atoms with van der Waals surface area (Å²) in [5, 5.41) is 11.2. The summed E-state index contributed by atoms with van der Waals surface area (Å²) in [4.78, 5) is 7.85. The molecular formula is C27H40N2O2. The van der Waals surface area contributed by atoms with Gasteiger partial charge in [0.05, 0.1) is 0 Å². The van der Waals surface area contributed by atoms with Gasteiger partial charge in [-0.15, -0.1) is 0 Å². The monoisotopic (exact) mass is 424 g/mol. The number of aromatic amines is 1. The number of aromatic hydroxyl groups is 1. The summed E-state index contributed by atoms with van der Waals surface area (Å²) in [5.74, 6) is 3.50. The van der Waals surface area contributed by atoms with Crippen LogP contribution in [0.2, 0.25) is 0 Å². The highest BCUT2D eigenvalue weighted by Crippen LogP contribution is 2.57. The van der Waals surface area contributed by atoms with Gasteiger partial charge < -0.3 is 14.8 Å². The Morgan fingerprint density at radius 1 is 1.19 bits per heavy atom. The zero-order valence-electron chi connectivity index (χ0n) is 20.0. The number of imidazole rings is 1. The van der Waals surface area contributed by atoms with E-state index in [-0.39, 0.29) is 11.0 Å². The normalized spacial score (nSPS) is 24.9. The summed E-state index contributed by atoms with van der Waals surface area (Å²) in [7, 11) is 0. The average molecular weight is 425 g/mol. The van der Waals surface area contributed by atoms with Crippen molar-refractivity contribution in [2.45, 2.75) is 109 Å². The average Bonchev–Trinajstić information content (AvgIpc) is 3.25. The lowest BCUT2D eigenvalue weighted by Gasteiger charge is -2.49. The summed E-state index contributed by atoms with van der Waals surface area (Å²) in [6, 6.07) is 4.25. The van der Waals surface area contributed by atoms with Crippen molar-refractivity contribution >= 4 is 0 Å². The van der Waals surface area contributed by atoms with Gasteiger partial charge in [-0.05, 0) is 68.6 Å². The maximum absolute atomic E-state index is 11.2. The molecule has 31 heavy (non-hydrogen) atoms. The molecule has 0 bridgehead atoms. The molecule has 0 saturated heterocycles. The van der Waals surface area contributed by atoms with Gasteiger partial charge >= 0.3 is 0 Å². The van der Waals surface area contributed by atoms with E-state index in [1.54, 1.807) is 0 Å². The fraction of sp³-hybridized carbons (Fsp3) is 0.667. The van der Waals surface area contributed by atoms with E-state index >= 15 is 0 Å². The van der Waals surface area contributed by atoms with Crippen molar-refractivity contribution in [2.24, 2.45) is 5.92 Å². The Kier molecular flexibility index (Phi) is 6.11. The fourth-order valence-corrected chi connectivity index (χ4v) is 6.03. The maximum atomic E-state index is 11.2. The number of benzene rings is 1. The van der Waals surface area contributed by atoms with Crippen LogP contribution in [0.3, 0.4) is 0 Å². The number of ether oxygens (including phenoxy) is 1. The van der Waals surface area contributed by atoms with Crippen molar-refractivity contribution in [3.8, 4) is 11.5 Å². The van der Waals surface area contributed by atoms with Crippen LogP contribution in [0.4, 0.5) is 0 Å². The third-order valence-electron chi connectivity index (χ3n) is 7.95. The van der Waals surface area contributed by atoms with Crippen LogP contribution in [-0.2, 0) is 5.41 Å². The van der Waals surface area contributed by atoms with E-state index in [4.69, 9.17) is 4.74 Å². The minimum absolute atomic E-state index is 0.0217. The van der Waals surface area contributed by atoms with E-state index in [1.165, 1.54) is 31.2 Å². The Hall–Kier alpha value is -1.97. The highest BCUT2D eigenvalue weighted by molar-refractivity contribution is 5.53. The summed E-state index contributed by atoms with van der Waals surface area (Å²) >= 11 is 0. The highest BCUT2D eigenvalue weighted by atomic mass is 16.5.